The molecule has 1 aromatic carbocycles. The zero-order valence-electron chi connectivity index (χ0n) is 15.8. The van der Waals surface area contributed by atoms with Gasteiger partial charge < -0.3 is 24.8 Å². The van der Waals surface area contributed by atoms with E-state index in [4.69, 9.17) is 26.4 Å². The summed E-state index contributed by atoms with van der Waals surface area (Å²) in [5, 5.41) is 6.48. The molecule has 1 aliphatic heterocycles. The highest BCUT2D eigenvalue weighted by Crippen LogP contribution is 2.29. The van der Waals surface area contributed by atoms with Crippen molar-refractivity contribution in [3.05, 3.63) is 41.1 Å². The first-order chi connectivity index (χ1) is 12.9. The Balaban J connectivity index is 2.21. The van der Waals surface area contributed by atoms with Gasteiger partial charge in [-0.1, -0.05) is 12.1 Å². The summed E-state index contributed by atoms with van der Waals surface area (Å²) in [6, 6.07) is 6.65. The lowest BCUT2D eigenvalue weighted by atomic mass is 9.95. The van der Waals surface area contributed by atoms with E-state index in [0.29, 0.717) is 28.7 Å². The highest BCUT2D eigenvalue weighted by molar-refractivity contribution is 7.80. The molecule has 0 aliphatic carbocycles. The standard InChI is InChI=1S/C19H24N2O5S/c1-5-24-17(22)12(4)26-14-9-7-13(8-10-14)16-15(18(23)25-6-2)11(3)20-19(27)21-16/h7-10,12,16H,5-6H2,1-4H3,(H2,20,21,27). The van der Waals surface area contributed by atoms with Crippen LogP contribution in [0, 0.1) is 0 Å². The van der Waals surface area contributed by atoms with Crippen LogP contribution in [-0.4, -0.2) is 36.4 Å². The monoisotopic (exact) mass is 392 g/mol. The molecule has 27 heavy (non-hydrogen) atoms. The van der Waals surface area contributed by atoms with Gasteiger partial charge in [0.1, 0.15) is 5.75 Å². The number of thiocarbonyl (C=S) groups is 1. The first-order valence-electron chi connectivity index (χ1n) is 8.76. The average molecular weight is 392 g/mol. The number of ether oxygens (including phenoxy) is 3. The Labute approximate surface area is 164 Å². The van der Waals surface area contributed by atoms with Crippen molar-refractivity contribution in [3.8, 4) is 5.75 Å². The SMILES string of the molecule is CCOC(=O)C1=C(C)NC(=S)NC1c1ccc(OC(C)C(=O)OCC)cc1. The van der Waals surface area contributed by atoms with Crippen LogP contribution in [0.4, 0.5) is 0 Å². The summed E-state index contributed by atoms with van der Waals surface area (Å²) in [7, 11) is 0. The lowest BCUT2D eigenvalue weighted by molar-refractivity contribution is -0.150. The second-order valence-electron chi connectivity index (χ2n) is 5.87. The van der Waals surface area contributed by atoms with Crippen molar-refractivity contribution in [2.75, 3.05) is 13.2 Å². The Hall–Kier alpha value is -2.61. The Morgan fingerprint density at radius 1 is 1.15 bits per heavy atom. The molecule has 1 aliphatic rings. The second-order valence-corrected chi connectivity index (χ2v) is 6.28. The van der Waals surface area contributed by atoms with E-state index in [0.717, 1.165) is 5.56 Å². The van der Waals surface area contributed by atoms with E-state index in [9.17, 15) is 9.59 Å². The van der Waals surface area contributed by atoms with Crippen molar-refractivity contribution < 1.29 is 23.8 Å². The van der Waals surface area contributed by atoms with Crippen LogP contribution < -0.4 is 15.4 Å². The summed E-state index contributed by atoms with van der Waals surface area (Å²) in [5.74, 6) is -0.303. The Morgan fingerprint density at radius 3 is 2.37 bits per heavy atom. The first-order valence-corrected chi connectivity index (χ1v) is 9.16. The normalized spacial score (nSPS) is 17.5. The largest absolute Gasteiger partial charge is 0.479 e. The molecule has 0 spiro atoms. The van der Waals surface area contributed by atoms with Crippen LogP contribution in [-0.2, 0) is 19.1 Å². The predicted molar refractivity (Wildman–Crippen MR) is 104 cm³/mol. The van der Waals surface area contributed by atoms with E-state index < -0.39 is 24.1 Å². The van der Waals surface area contributed by atoms with Crippen LogP contribution >= 0.6 is 12.2 Å². The molecule has 7 nitrogen and oxygen atoms in total. The number of benzene rings is 1. The van der Waals surface area contributed by atoms with Crippen molar-refractivity contribution in [1.82, 2.24) is 10.6 Å². The minimum Gasteiger partial charge on any atom is -0.479 e. The fourth-order valence-corrected chi connectivity index (χ4v) is 2.94. The number of hydrogen-bond donors (Lipinski definition) is 2. The van der Waals surface area contributed by atoms with Crippen LogP contribution in [0.1, 0.15) is 39.3 Å². The highest BCUT2D eigenvalue weighted by atomic mass is 32.1. The van der Waals surface area contributed by atoms with Gasteiger partial charge in [-0.15, -0.1) is 0 Å². The molecule has 2 N–H and O–H groups in total. The molecule has 1 heterocycles. The third-order valence-corrected chi connectivity index (χ3v) is 4.13. The molecular weight excluding hydrogens is 368 g/mol. The van der Waals surface area contributed by atoms with E-state index in [-0.39, 0.29) is 6.61 Å². The molecule has 1 aromatic rings. The molecule has 0 saturated carbocycles. The van der Waals surface area contributed by atoms with Gasteiger partial charge in [0.05, 0.1) is 24.8 Å². The molecule has 146 valence electrons. The molecule has 0 aromatic heterocycles. The quantitative estimate of drug-likeness (QED) is 0.540. The topological polar surface area (TPSA) is 85.9 Å². The first kappa shape index (κ1) is 20.7. The van der Waals surface area contributed by atoms with Gasteiger partial charge in [0, 0.05) is 5.70 Å². The Kier molecular flexibility index (Phi) is 7.18. The number of carbonyl (C=O) groups excluding carboxylic acids is 2. The van der Waals surface area contributed by atoms with Crippen LogP contribution in [0.3, 0.4) is 0 Å². The van der Waals surface area contributed by atoms with Gasteiger partial charge in [-0.05, 0) is 57.6 Å². The molecular formula is C19H24N2O5S. The van der Waals surface area contributed by atoms with Gasteiger partial charge in [-0.25, -0.2) is 9.59 Å². The molecule has 2 unspecified atom stereocenters. The summed E-state index contributed by atoms with van der Waals surface area (Å²) >= 11 is 5.22. The maximum atomic E-state index is 12.4. The van der Waals surface area contributed by atoms with Crippen molar-refractivity contribution >= 4 is 29.3 Å². The van der Waals surface area contributed by atoms with Gasteiger partial charge in [0.25, 0.3) is 0 Å². The van der Waals surface area contributed by atoms with E-state index in [2.05, 4.69) is 10.6 Å². The number of allylic oxidation sites excluding steroid dienone is 1. The summed E-state index contributed by atoms with van der Waals surface area (Å²) < 4.78 is 15.7. The molecule has 2 atom stereocenters. The molecule has 0 bridgehead atoms. The lowest BCUT2D eigenvalue weighted by Gasteiger charge is -2.30. The maximum absolute atomic E-state index is 12.4. The van der Waals surface area contributed by atoms with Gasteiger partial charge in [-0.2, -0.15) is 0 Å². The van der Waals surface area contributed by atoms with E-state index in [1.165, 1.54) is 0 Å². The fourth-order valence-electron chi connectivity index (χ4n) is 2.67. The Morgan fingerprint density at radius 2 is 1.78 bits per heavy atom. The molecule has 2 rings (SSSR count). The summed E-state index contributed by atoms with van der Waals surface area (Å²) in [4.78, 5) is 24.0. The molecule has 8 heteroatoms. The van der Waals surface area contributed by atoms with Gasteiger partial charge in [0.15, 0.2) is 11.2 Å². The van der Waals surface area contributed by atoms with Gasteiger partial charge in [-0.3, -0.25) is 0 Å². The third kappa shape index (κ3) is 5.19. The minimum atomic E-state index is -0.711. The number of esters is 2. The molecule has 0 radical (unpaired) electrons. The summed E-state index contributed by atoms with van der Waals surface area (Å²) in [5.41, 5.74) is 1.94. The second kappa shape index (κ2) is 9.36. The lowest BCUT2D eigenvalue weighted by Crippen LogP contribution is -2.45. The van der Waals surface area contributed by atoms with Crippen molar-refractivity contribution in [2.24, 2.45) is 0 Å². The third-order valence-electron chi connectivity index (χ3n) is 3.91. The van der Waals surface area contributed by atoms with Crippen LogP contribution in [0.2, 0.25) is 0 Å². The average Bonchev–Trinajstić information content (AvgIpc) is 2.62. The molecule has 0 amide bonds. The number of hydrogen-bond acceptors (Lipinski definition) is 6. The maximum Gasteiger partial charge on any atom is 0.347 e. The van der Waals surface area contributed by atoms with Crippen LogP contribution in [0.25, 0.3) is 0 Å². The van der Waals surface area contributed by atoms with E-state index in [1.54, 1.807) is 39.8 Å². The molecule has 0 saturated heterocycles. The van der Waals surface area contributed by atoms with Crippen molar-refractivity contribution in [2.45, 2.75) is 39.8 Å². The van der Waals surface area contributed by atoms with Gasteiger partial charge in [0.2, 0.25) is 0 Å². The number of rotatable bonds is 7. The van der Waals surface area contributed by atoms with Crippen molar-refractivity contribution in [3.63, 3.8) is 0 Å². The Bertz CT molecular complexity index is 745. The zero-order valence-corrected chi connectivity index (χ0v) is 16.6. The minimum absolute atomic E-state index is 0.283. The molecule has 0 fully saturated rings. The zero-order chi connectivity index (χ0) is 20.0. The van der Waals surface area contributed by atoms with Crippen molar-refractivity contribution in [1.29, 1.82) is 0 Å². The van der Waals surface area contributed by atoms with Crippen LogP contribution in [0.15, 0.2) is 35.5 Å². The highest BCUT2D eigenvalue weighted by Gasteiger charge is 2.30. The van der Waals surface area contributed by atoms with E-state index >= 15 is 0 Å². The fraction of sp³-hybridized carbons (Fsp3) is 0.421. The summed E-state index contributed by atoms with van der Waals surface area (Å²) in [6.07, 6.45) is -0.711. The number of carbonyl (C=O) groups is 2. The van der Waals surface area contributed by atoms with E-state index in [1.807, 2.05) is 12.1 Å². The number of nitrogens with one attached hydrogen (secondary N) is 2. The predicted octanol–water partition coefficient (Wildman–Crippen LogP) is 2.37. The summed E-state index contributed by atoms with van der Waals surface area (Å²) in [6.45, 7) is 7.50. The van der Waals surface area contributed by atoms with Gasteiger partial charge >= 0.3 is 11.9 Å². The van der Waals surface area contributed by atoms with Crippen LogP contribution in [0.5, 0.6) is 5.75 Å². The smallest absolute Gasteiger partial charge is 0.347 e.